The second-order valence-electron chi connectivity index (χ2n) is 5.77. The lowest BCUT2D eigenvalue weighted by molar-refractivity contribution is -0.144. The van der Waals surface area contributed by atoms with Crippen LogP contribution in [0.15, 0.2) is 35.7 Å². The van der Waals surface area contributed by atoms with Crippen LogP contribution in [0.5, 0.6) is 11.5 Å². The van der Waals surface area contributed by atoms with E-state index < -0.39 is 12.0 Å². The highest BCUT2D eigenvalue weighted by Crippen LogP contribution is 2.39. The Labute approximate surface area is 137 Å². The highest BCUT2D eigenvalue weighted by atomic mass is 32.1. The number of carbonyl (C=O) groups excluding carboxylic acids is 1. The maximum absolute atomic E-state index is 12.1. The van der Waals surface area contributed by atoms with Gasteiger partial charge in [-0.1, -0.05) is 12.1 Å². The van der Waals surface area contributed by atoms with Crippen molar-refractivity contribution < 1.29 is 24.1 Å². The average molecular weight is 332 g/mol. The van der Waals surface area contributed by atoms with Crippen LogP contribution in [0.1, 0.15) is 16.5 Å². The molecule has 120 valence electrons. The zero-order valence-corrected chi connectivity index (χ0v) is 13.1. The number of fused-ring (bicyclic) bond motifs is 1. The number of thiophene rings is 1. The molecule has 1 aromatic carbocycles. The molecule has 3 atom stereocenters. The molecule has 6 heteroatoms. The van der Waals surface area contributed by atoms with Gasteiger partial charge in [0.15, 0.2) is 11.5 Å². The largest absolute Gasteiger partial charge is 0.465 e. The van der Waals surface area contributed by atoms with Crippen molar-refractivity contribution in [2.75, 3.05) is 13.4 Å². The summed E-state index contributed by atoms with van der Waals surface area (Å²) in [5.74, 6) is 0.557. The first-order valence-electron chi connectivity index (χ1n) is 7.49. The van der Waals surface area contributed by atoms with Crippen molar-refractivity contribution in [3.63, 3.8) is 0 Å². The molecule has 1 N–H and O–H groups in total. The van der Waals surface area contributed by atoms with Crippen LogP contribution in [0.25, 0.3) is 0 Å². The van der Waals surface area contributed by atoms with Gasteiger partial charge in [0.2, 0.25) is 6.79 Å². The van der Waals surface area contributed by atoms with E-state index in [2.05, 4.69) is 0 Å². The van der Waals surface area contributed by atoms with Gasteiger partial charge in [-0.3, -0.25) is 4.79 Å². The van der Waals surface area contributed by atoms with Crippen molar-refractivity contribution in [1.82, 2.24) is 0 Å². The van der Waals surface area contributed by atoms with Gasteiger partial charge >= 0.3 is 5.97 Å². The smallest absolute Gasteiger partial charge is 0.312 e. The molecule has 0 saturated carbocycles. The molecule has 1 aromatic heterocycles. The van der Waals surface area contributed by atoms with E-state index in [-0.39, 0.29) is 18.7 Å². The van der Waals surface area contributed by atoms with Crippen LogP contribution in [0, 0.1) is 11.8 Å². The van der Waals surface area contributed by atoms with Crippen molar-refractivity contribution in [3.05, 3.63) is 46.2 Å². The van der Waals surface area contributed by atoms with Gasteiger partial charge < -0.3 is 19.3 Å². The van der Waals surface area contributed by atoms with E-state index in [1.54, 1.807) is 0 Å². The van der Waals surface area contributed by atoms with Crippen molar-refractivity contribution in [3.8, 4) is 11.5 Å². The summed E-state index contributed by atoms with van der Waals surface area (Å²) in [4.78, 5) is 12.9. The molecule has 0 amide bonds. The van der Waals surface area contributed by atoms with Crippen LogP contribution in [-0.4, -0.2) is 24.5 Å². The summed E-state index contributed by atoms with van der Waals surface area (Å²) < 4.78 is 15.9. The molecule has 3 heterocycles. The standard InChI is InChI=1S/C17H16O5S/c18-16(14-2-1-5-23-14)15-11(8-20-17(15)19)6-10-3-4-12-13(7-10)22-9-21-12/h1-5,7,11,15-16,18H,6,8-9H2/t11-,15-,16-/m1/s1. The molecule has 1 saturated heterocycles. The topological polar surface area (TPSA) is 65.0 Å². The quantitative estimate of drug-likeness (QED) is 0.872. The maximum Gasteiger partial charge on any atom is 0.312 e. The molecule has 2 aliphatic heterocycles. The zero-order valence-electron chi connectivity index (χ0n) is 12.3. The van der Waals surface area contributed by atoms with Gasteiger partial charge in [-0.05, 0) is 35.6 Å². The lowest BCUT2D eigenvalue weighted by Crippen LogP contribution is -2.25. The van der Waals surface area contributed by atoms with Crippen LogP contribution in [-0.2, 0) is 16.0 Å². The molecule has 0 aliphatic carbocycles. The average Bonchev–Trinajstić information content (AvgIpc) is 3.27. The molecule has 2 aliphatic rings. The Balaban J connectivity index is 1.54. The van der Waals surface area contributed by atoms with Crippen LogP contribution in [0.4, 0.5) is 0 Å². The lowest BCUT2D eigenvalue weighted by atomic mass is 9.85. The van der Waals surface area contributed by atoms with E-state index in [1.807, 2.05) is 35.7 Å². The van der Waals surface area contributed by atoms with Crippen LogP contribution in [0.2, 0.25) is 0 Å². The lowest BCUT2D eigenvalue weighted by Gasteiger charge is -2.20. The number of aliphatic hydroxyl groups excluding tert-OH is 1. The van der Waals surface area contributed by atoms with E-state index in [0.717, 1.165) is 21.9 Å². The third-order valence-electron chi connectivity index (χ3n) is 4.33. The van der Waals surface area contributed by atoms with Gasteiger partial charge in [0.25, 0.3) is 0 Å². The summed E-state index contributed by atoms with van der Waals surface area (Å²) in [7, 11) is 0. The predicted octanol–water partition coefficient (Wildman–Crippen LogP) is 2.54. The van der Waals surface area contributed by atoms with E-state index in [1.165, 1.54) is 11.3 Å². The predicted molar refractivity (Wildman–Crippen MR) is 83.5 cm³/mol. The third kappa shape index (κ3) is 2.68. The van der Waals surface area contributed by atoms with Crippen molar-refractivity contribution in [2.45, 2.75) is 12.5 Å². The summed E-state index contributed by atoms with van der Waals surface area (Å²) >= 11 is 1.45. The summed E-state index contributed by atoms with van der Waals surface area (Å²) in [5, 5.41) is 12.4. The summed E-state index contributed by atoms with van der Waals surface area (Å²) in [6.07, 6.45) is -0.167. The first kappa shape index (κ1) is 14.5. The maximum atomic E-state index is 12.1. The normalized spacial score (nSPS) is 23.8. The molecular formula is C17H16O5S. The monoisotopic (exact) mass is 332 g/mol. The number of hydrogen-bond donors (Lipinski definition) is 1. The van der Waals surface area contributed by atoms with E-state index >= 15 is 0 Å². The van der Waals surface area contributed by atoms with Crippen molar-refractivity contribution in [1.29, 1.82) is 0 Å². The third-order valence-corrected chi connectivity index (χ3v) is 5.27. The molecule has 0 radical (unpaired) electrons. The molecule has 1 fully saturated rings. The minimum absolute atomic E-state index is 0.0556. The van der Waals surface area contributed by atoms with Crippen molar-refractivity contribution in [2.24, 2.45) is 11.8 Å². The minimum Gasteiger partial charge on any atom is -0.465 e. The number of rotatable bonds is 4. The molecule has 0 bridgehead atoms. The van der Waals surface area contributed by atoms with Gasteiger partial charge in [0, 0.05) is 10.8 Å². The SMILES string of the molecule is O=C1OC[C@@H](Cc2ccc3c(c2)OCO3)[C@@H]1[C@H](O)c1cccs1. The van der Waals surface area contributed by atoms with Crippen LogP contribution < -0.4 is 9.47 Å². The highest BCUT2D eigenvalue weighted by Gasteiger charge is 2.42. The van der Waals surface area contributed by atoms with E-state index in [9.17, 15) is 9.90 Å². The Morgan fingerprint density at radius 2 is 2.09 bits per heavy atom. The number of benzene rings is 1. The highest BCUT2D eigenvalue weighted by molar-refractivity contribution is 7.10. The van der Waals surface area contributed by atoms with Crippen LogP contribution in [0.3, 0.4) is 0 Å². The summed E-state index contributed by atoms with van der Waals surface area (Å²) in [6.45, 7) is 0.573. The fourth-order valence-corrected chi connectivity index (χ4v) is 3.92. The molecule has 5 nitrogen and oxygen atoms in total. The first-order valence-corrected chi connectivity index (χ1v) is 8.37. The number of carbonyl (C=O) groups is 1. The Kier molecular flexibility index (Phi) is 3.71. The Morgan fingerprint density at radius 3 is 2.91 bits per heavy atom. The Morgan fingerprint density at radius 1 is 1.22 bits per heavy atom. The molecule has 0 spiro atoms. The fourth-order valence-electron chi connectivity index (χ4n) is 3.16. The number of cyclic esters (lactones) is 1. The second kappa shape index (κ2) is 5.86. The Bertz CT molecular complexity index is 712. The van der Waals surface area contributed by atoms with Gasteiger partial charge in [-0.2, -0.15) is 0 Å². The van der Waals surface area contributed by atoms with Gasteiger partial charge in [0.05, 0.1) is 12.5 Å². The second-order valence-corrected chi connectivity index (χ2v) is 6.75. The number of hydrogen-bond acceptors (Lipinski definition) is 6. The van der Waals surface area contributed by atoms with Gasteiger partial charge in [0.1, 0.15) is 6.10 Å². The Hall–Kier alpha value is -2.05. The van der Waals surface area contributed by atoms with E-state index in [0.29, 0.717) is 13.0 Å². The molecule has 0 unspecified atom stereocenters. The van der Waals surface area contributed by atoms with Gasteiger partial charge in [-0.15, -0.1) is 11.3 Å². The molecule has 4 rings (SSSR count). The first-order chi connectivity index (χ1) is 11.2. The van der Waals surface area contributed by atoms with Gasteiger partial charge in [-0.25, -0.2) is 0 Å². The number of esters is 1. The van der Waals surface area contributed by atoms with Crippen molar-refractivity contribution >= 4 is 17.3 Å². The molecule has 23 heavy (non-hydrogen) atoms. The summed E-state index contributed by atoms with van der Waals surface area (Å²) in [6, 6.07) is 9.49. The fraction of sp³-hybridized carbons (Fsp3) is 0.353. The number of ether oxygens (including phenoxy) is 3. The summed E-state index contributed by atoms with van der Waals surface area (Å²) in [5.41, 5.74) is 1.04. The van der Waals surface area contributed by atoms with E-state index in [4.69, 9.17) is 14.2 Å². The zero-order chi connectivity index (χ0) is 15.8. The number of aliphatic hydroxyl groups is 1. The molecular weight excluding hydrogens is 316 g/mol. The minimum atomic E-state index is -0.816. The molecule has 2 aromatic rings. The van der Waals surface area contributed by atoms with Crippen LogP contribution >= 0.6 is 11.3 Å².